The molecule has 0 fully saturated rings. The first-order chi connectivity index (χ1) is 10.2. The number of hydrogen-bond donors (Lipinski definition) is 1. The van der Waals surface area contributed by atoms with E-state index in [0.717, 1.165) is 0 Å². The highest BCUT2D eigenvalue weighted by molar-refractivity contribution is 7.15. The van der Waals surface area contributed by atoms with Gasteiger partial charge in [0.1, 0.15) is 12.1 Å². The zero-order valence-corrected chi connectivity index (χ0v) is 11.4. The summed E-state index contributed by atoms with van der Waals surface area (Å²) in [6.45, 7) is 0.0843. The fraction of sp³-hybridized carbons (Fsp3) is 0.0833. The van der Waals surface area contributed by atoms with Crippen LogP contribution in [0.2, 0.25) is 0 Å². The number of anilines is 1. The molecule has 3 rings (SSSR count). The van der Waals surface area contributed by atoms with Gasteiger partial charge in [-0.25, -0.2) is 4.98 Å². The zero-order chi connectivity index (χ0) is 14.8. The van der Waals surface area contributed by atoms with Gasteiger partial charge in [0.05, 0.1) is 6.07 Å². The number of fused-ring (bicyclic) bond motifs is 1. The molecule has 0 atom stereocenters. The molecule has 0 aromatic carbocycles. The van der Waals surface area contributed by atoms with Gasteiger partial charge in [0.2, 0.25) is 0 Å². The molecule has 0 saturated carbocycles. The highest BCUT2D eigenvalue weighted by Crippen LogP contribution is 2.08. The van der Waals surface area contributed by atoms with Gasteiger partial charge in [-0.05, 0) is 0 Å². The van der Waals surface area contributed by atoms with E-state index in [4.69, 9.17) is 5.26 Å². The molecule has 8 nitrogen and oxygen atoms in total. The molecule has 0 bridgehead atoms. The standard InChI is InChI=1S/C12H8N6O2S/c13-2-4-17-3-1-9(16-17)15-10(19)8-7-14-12-18(11(8)20)5-6-21-12/h1,3,5-7H,4H2,(H,15,16,19). The smallest absolute Gasteiger partial charge is 0.271 e. The SMILES string of the molecule is N#CCn1ccc(NC(=O)c2cnc3sccn3c2=O)n1. The summed E-state index contributed by atoms with van der Waals surface area (Å²) in [4.78, 5) is 28.8. The molecule has 104 valence electrons. The first-order valence-electron chi connectivity index (χ1n) is 5.85. The largest absolute Gasteiger partial charge is 0.305 e. The average molecular weight is 300 g/mol. The number of rotatable bonds is 3. The van der Waals surface area contributed by atoms with Gasteiger partial charge in [-0.2, -0.15) is 10.4 Å². The van der Waals surface area contributed by atoms with E-state index in [9.17, 15) is 9.59 Å². The fourth-order valence-electron chi connectivity index (χ4n) is 1.75. The van der Waals surface area contributed by atoms with Gasteiger partial charge in [0.25, 0.3) is 11.5 Å². The highest BCUT2D eigenvalue weighted by atomic mass is 32.1. The summed E-state index contributed by atoms with van der Waals surface area (Å²) in [6.07, 6.45) is 4.37. The molecule has 0 spiro atoms. The van der Waals surface area contributed by atoms with Crippen molar-refractivity contribution in [3.63, 3.8) is 0 Å². The van der Waals surface area contributed by atoms with Gasteiger partial charge in [-0.3, -0.25) is 18.7 Å². The normalized spacial score (nSPS) is 10.4. The number of nitriles is 1. The van der Waals surface area contributed by atoms with Gasteiger partial charge in [0.15, 0.2) is 10.8 Å². The summed E-state index contributed by atoms with van der Waals surface area (Å²) in [5.74, 6) is -0.319. The van der Waals surface area contributed by atoms with Crippen LogP contribution in [0.15, 0.2) is 34.8 Å². The summed E-state index contributed by atoms with van der Waals surface area (Å²) < 4.78 is 2.69. The van der Waals surface area contributed by atoms with Crippen molar-refractivity contribution < 1.29 is 4.79 Å². The molecule has 0 unspecified atom stereocenters. The van der Waals surface area contributed by atoms with Crippen LogP contribution in [0.25, 0.3) is 4.96 Å². The molecule has 0 saturated heterocycles. The molecule has 0 radical (unpaired) electrons. The predicted molar refractivity (Wildman–Crippen MR) is 75.1 cm³/mol. The van der Waals surface area contributed by atoms with Crippen molar-refractivity contribution in [3.05, 3.63) is 46.0 Å². The van der Waals surface area contributed by atoms with E-state index < -0.39 is 11.5 Å². The predicted octanol–water partition coefficient (Wildman–Crippen LogP) is 0.728. The van der Waals surface area contributed by atoms with Crippen LogP contribution in [-0.2, 0) is 6.54 Å². The van der Waals surface area contributed by atoms with Crippen molar-refractivity contribution in [2.24, 2.45) is 0 Å². The van der Waals surface area contributed by atoms with Crippen molar-refractivity contribution in [2.75, 3.05) is 5.32 Å². The zero-order valence-electron chi connectivity index (χ0n) is 10.6. The van der Waals surface area contributed by atoms with E-state index in [0.29, 0.717) is 4.96 Å². The van der Waals surface area contributed by atoms with Crippen LogP contribution in [0.1, 0.15) is 10.4 Å². The van der Waals surface area contributed by atoms with Crippen molar-refractivity contribution in [1.29, 1.82) is 5.26 Å². The lowest BCUT2D eigenvalue weighted by Gasteiger charge is -2.01. The number of aromatic nitrogens is 4. The number of nitrogens with zero attached hydrogens (tertiary/aromatic N) is 5. The summed E-state index contributed by atoms with van der Waals surface area (Å²) >= 11 is 1.31. The Morgan fingerprint density at radius 1 is 1.48 bits per heavy atom. The lowest BCUT2D eigenvalue weighted by Crippen LogP contribution is -2.26. The maximum absolute atomic E-state index is 12.1. The Morgan fingerprint density at radius 2 is 2.33 bits per heavy atom. The quantitative estimate of drug-likeness (QED) is 0.767. The van der Waals surface area contributed by atoms with Gasteiger partial charge < -0.3 is 5.32 Å². The monoisotopic (exact) mass is 300 g/mol. The lowest BCUT2D eigenvalue weighted by molar-refractivity contribution is 0.102. The minimum absolute atomic E-state index is 0.0688. The number of amides is 1. The molecular formula is C12H8N6O2S. The number of hydrogen-bond acceptors (Lipinski definition) is 6. The Balaban J connectivity index is 1.88. The number of carbonyl (C=O) groups excluding carboxylic acids is 1. The maximum Gasteiger partial charge on any atom is 0.271 e. The Morgan fingerprint density at radius 3 is 3.14 bits per heavy atom. The van der Waals surface area contributed by atoms with Gasteiger partial charge in [0, 0.05) is 30.0 Å². The summed E-state index contributed by atoms with van der Waals surface area (Å²) in [6, 6.07) is 3.48. The molecule has 1 N–H and O–H groups in total. The topological polar surface area (TPSA) is 105 Å². The molecule has 3 aromatic rings. The average Bonchev–Trinajstić information content (AvgIpc) is 3.09. The van der Waals surface area contributed by atoms with Crippen LogP contribution in [0.5, 0.6) is 0 Å². The summed E-state index contributed by atoms with van der Waals surface area (Å²) in [7, 11) is 0. The number of nitrogens with one attached hydrogen (secondary N) is 1. The van der Waals surface area contributed by atoms with Crippen molar-refractivity contribution in [1.82, 2.24) is 19.2 Å². The minimum atomic E-state index is -0.588. The summed E-state index contributed by atoms with van der Waals surface area (Å²) in [5, 5.41) is 16.8. The molecule has 0 aliphatic carbocycles. The van der Waals surface area contributed by atoms with E-state index in [2.05, 4.69) is 15.4 Å². The van der Waals surface area contributed by atoms with Crippen LogP contribution in [0.3, 0.4) is 0 Å². The molecule has 0 aliphatic heterocycles. The van der Waals surface area contributed by atoms with E-state index in [1.165, 1.54) is 26.6 Å². The molecule has 1 amide bonds. The van der Waals surface area contributed by atoms with Crippen LogP contribution in [0, 0.1) is 11.3 Å². The molecular weight excluding hydrogens is 292 g/mol. The third-order valence-electron chi connectivity index (χ3n) is 2.70. The van der Waals surface area contributed by atoms with Crippen LogP contribution >= 0.6 is 11.3 Å². The molecule has 3 heterocycles. The van der Waals surface area contributed by atoms with E-state index in [-0.39, 0.29) is 17.9 Å². The lowest BCUT2D eigenvalue weighted by atomic mass is 10.3. The second kappa shape index (κ2) is 5.18. The Kier molecular flexibility index (Phi) is 3.21. The van der Waals surface area contributed by atoms with Gasteiger partial charge in [-0.15, -0.1) is 11.3 Å². The van der Waals surface area contributed by atoms with E-state index in [1.807, 2.05) is 6.07 Å². The Bertz CT molecular complexity index is 916. The molecule has 9 heteroatoms. The van der Waals surface area contributed by atoms with Crippen LogP contribution < -0.4 is 10.9 Å². The highest BCUT2D eigenvalue weighted by Gasteiger charge is 2.14. The van der Waals surface area contributed by atoms with Crippen LogP contribution in [0.4, 0.5) is 5.82 Å². The van der Waals surface area contributed by atoms with Crippen molar-refractivity contribution >= 4 is 28.0 Å². The molecule has 0 aliphatic rings. The van der Waals surface area contributed by atoms with Crippen molar-refractivity contribution in [3.8, 4) is 6.07 Å². The fourth-order valence-corrected chi connectivity index (χ4v) is 2.43. The minimum Gasteiger partial charge on any atom is -0.305 e. The van der Waals surface area contributed by atoms with Gasteiger partial charge >= 0.3 is 0 Å². The first kappa shape index (κ1) is 13.0. The van der Waals surface area contributed by atoms with Gasteiger partial charge in [-0.1, -0.05) is 0 Å². The van der Waals surface area contributed by atoms with E-state index in [1.54, 1.807) is 23.8 Å². The molecule has 21 heavy (non-hydrogen) atoms. The number of thiazole rings is 1. The second-order valence-electron chi connectivity index (χ2n) is 4.04. The van der Waals surface area contributed by atoms with Crippen LogP contribution in [-0.4, -0.2) is 25.1 Å². The molecule has 3 aromatic heterocycles. The van der Waals surface area contributed by atoms with E-state index >= 15 is 0 Å². The summed E-state index contributed by atoms with van der Waals surface area (Å²) in [5.41, 5.74) is -0.504. The van der Waals surface area contributed by atoms with Crippen molar-refractivity contribution in [2.45, 2.75) is 6.54 Å². The Hall–Kier alpha value is -2.99. The third kappa shape index (κ3) is 2.39. The number of carbonyl (C=O) groups is 1. The maximum atomic E-state index is 12.1. The third-order valence-corrected chi connectivity index (χ3v) is 3.47. The first-order valence-corrected chi connectivity index (χ1v) is 6.73. The Labute approximate surface area is 121 Å². The second-order valence-corrected chi connectivity index (χ2v) is 4.92.